The number of nitrogens with one attached hydrogen (secondary N) is 1. The second-order valence-corrected chi connectivity index (χ2v) is 16.3. The Bertz CT molecular complexity index is 1560. The number of carbonyl (C=O) groups is 1. The van der Waals surface area contributed by atoms with Gasteiger partial charge in [-0.2, -0.15) is 11.8 Å². The Hall–Kier alpha value is -3.16. The Morgan fingerprint density at radius 2 is 0.977 bits per heavy atom. The van der Waals surface area contributed by atoms with E-state index in [0.717, 1.165) is 33.4 Å². The molecule has 1 aliphatic rings. The number of thioether (sulfide) groups is 1. The van der Waals surface area contributed by atoms with Crippen LogP contribution in [-0.2, 0) is 46.2 Å². The fourth-order valence-corrected chi connectivity index (χ4v) is 6.56. The molecule has 0 radical (unpaired) electrons. The van der Waals surface area contributed by atoms with Crippen LogP contribution in [0.1, 0.15) is 112 Å². The van der Waals surface area contributed by atoms with E-state index in [2.05, 4.69) is 67.6 Å². The van der Waals surface area contributed by atoms with Crippen molar-refractivity contribution in [2.24, 2.45) is 0 Å². The zero-order valence-corrected chi connectivity index (χ0v) is 28.5. The molecule has 44 heavy (non-hydrogen) atoms. The van der Waals surface area contributed by atoms with Gasteiger partial charge >= 0.3 is 5.97 Å². The first-order chi connectivity index (χ1) is 20.3. The van der Waals surface area contributed by atoms with Crippen molar-refractivity contribution in [3.8, 4) is 17.2 Å². The van der Waals surface area contributed by atoms with Crippen molar-refractivity contribution in [2.75, 3.05) is 5.75 Å². The quantitative estimate of drug-likeness (QED) is 0.190. The molecule has 1 atom stereocenters. The third kappa shape index (κ3) is 7.55. The van der Waals surface area contributed by atoms with Crippen LogP contribution in [0, 0.1) is 0 Å². The predicted molar refractivity (Wildman–Crippen MR) is 180 cm³/mol. The largest absolute Gasteiger partial charge is 0.507 e. The molecule has 6 bridgehead atoms. The van der Waals surface area contributed by atoms with E-state index in [4.69, 9.17) is 0 Å². The minimum absolute atomic E-state index is 0.104. The van der Waals surface area contributed by atoms with Crippen LogP contribution in [-0.4, -0.2) is 38.2 Å². The molecule has 0 saturated heterocycles. The number of benzene rings is 3. The topological polar surface area (TPSA) is 110 Å². The van der Waals surface area contributed by atoms with E-state index in [1.54, 1.807) is 0 Å². The lowest BCUT2D eigenvalue weighted by Gasteiger charge is -2.25. The Morgan fingerprint density at radius 1 is 0.636 bits per heavy atom. The van der Waals surface area contributed by atoms with Crippen molar-refractivity contribution in [2.45, 2.75) is 110 Å². The molecule has 5 N–H and O–H groups in total. The number of phenolic OH excluding ortho intramolecular Hbond substituents is 3. The highest BCUT2D eigenvalue weighted by Crippen LogP contribution is 2.40. The Labute approximate surface area is 266 Å². The molecule has 0 aliphatic carbocycles. The van der Waals surface area contributed by atoms with Crippen molar-refractivity contribution >= 4 is 17.7 Å². The molecule has 238 valence electrons. The van der Waals surface area contributed by atoms with Gasteiger partial charge in [0, 0.05) is 42.0 Å². The molecule has 0 saturated carbocycles. The summed E-state index contributed by atoms with van der Waals surface area (Å²) in [7, 11) is 0. The summed E-state index contributed by atoms with van der Waals surface area (Å²) in [6.07, 6.45) is 0.623. The van der Waals surface area contributed by atoms with Gasteiger partial charge in [0.05, 0.1) is 0 Å². The fourth-order valence-electron chi connectivity index (χ4n) is 5.51. The monoisotopic (exact) mass is 619 g/mol. The number of rotatable bonds is 1. The number of hydrogen-bond donors (Lipinski definition) is 5. The number of carboxylic acid groups (broad SMARTS) is 1. The molecule has 0 unspecified atom stereocenters. The van der Waals surface area contributed by atoms with Crippen molar-refractivity contribution in [3.63, 3.8) is 0 Å². The van der Waals surface area contributed by atoms with Gasteiger partial charge in [-0.25, -0.2) is 0 Å². The maximum atomic E-state index is 12.2. The van der Waals surface area contributed by atoms with Crippen LogP contribution in [0.4, 0.5) is 0 Å². The second kappa shape index (κ2) is 12.3. The van der Waals surface area contributed by atoms with Crippen molar-refractivity contribution in [1.29, 1.82) is 0 Å². The van der Waals surface area contributed by atoms with Crippen LogP contribution in [0.2, 0.25) is 0 Å². The summed E-state index contributed by atoms with van der Waals surface area (Å²) in [4.78, 5) is 12.2. The molecule has 6 nitrogen and oxygen atoms in total. The van der Waals surface area contributed by atoms with E-state index < -0.39 is 12.0 Å². The zero-order chi connectivity index (χ0) is 32.8. The highest BCUT2D eigenvalue weighted by Gasteiger charge is 2.26. The van der Waals surface area contributed by atoms with Gasteiger partial charge in [-0.1, -0.05) is 98.7 Å². The summed E-state index contributed by atoms with van der Waals surface area (Å²) in [6.45, 7) is 19.3. The molecular weight excluding hydrogens is 570 g/mol. The maximum Gasteiger partial charge on any atom is 0.321 e. The highest BCUT2D eigenvalue weighted by molar-refractivity contribution is 7.98. The van der Waals surface area contributed by atoms with Crippen LogP contribution in [0.25, 0.3) is 0 Å². The van der Waals surface area contributed by atoms with Gasteiger partial charge < -0.3 is 20.4 Å². The first kappa shape index (κ1) is 33.7. The zero-order valence-electron chi connectivity index (χ0n) is 27.7. The number of aliphatic carboxylic acids is 1. The SMILES string of the molecule is CC(C)(C)c1cc2c(O)c(c1)Cc1cc(C(C)(C)C)cc(c1O)Cc1cc(C(C)(C)C)cc(c1O)CSC[C@@H](C(=O)O)NC2. The van der Waals surface area contributed by atoms with Gasteiger partial charge in [0.25, 0.3) is 0 Å². The molecule has 0 fully saturated rings. The van der Waals surface area contributed by atoms with E-state index in [9.17, 15) is 25.2 Å². The van der Waals surface area contributed by atoms with Crippen LogP contribution in [0.15, 0.2) is 36.4 Å². The van der Waals surface area contributed by atoms with Crippen molar-refractivity contribution in [1.82, 2.24) is 5.32 Å². The van der Waals surface area contributed by atoms with Gasteiger partial charge in [0.2, 0.25) is 0 Å². The smallest absolute Gasteiger partial charge is 0.321 e. The molecule has 4 rings (SSSR count). The van der Waals surface area contributed by atoms with E-state index in [0.29, 0.717) is 35.3 Å². The fraction of sp³-hybridized carbons (Fsp3) is 0.486. The van der Waals surface area contributed by atoms with Crippen LogP contribution >= 0.6 is 11.8 Å². The van der Waals surface area contributed by atoms with Gasteiger partial charge in [0.1, 0.15) is 23.3 Å². The number of phenols is 3. The maximum absolute atomic E-state index is 12.2. The normalized spacial score (nSPS) is 16.8. The van der Waals surface area contributed by atoms with Gasteiger partial charge in [-0.05, 0) is 55.2 Å². The number of aromatic hydroxyl groups is 3. The average Bonchev–Trinajstić information content (AvgIpc) is 2.89. The predicted octanol–water partition coefficient (Wildman–Crippen LogP) is 7.67. The third-order valence-electron chi connectivity index (χ3n) is 8.54. The molecule has 7 heteroatoms. The number of hydrogen-bond acceptors (Lipinski definition) is 6. The molecule has 3 aromatic carbocycles. The van der Waals surface area contributed by atoms with Gasteiger partial charge in [0.15, 0.2) is 0 Å². The summed E-state index contributed by atoms with van der Waals surface area (Å²) in [5.74, 6) is 0.190. The Morgan fingerprint density at radius 3 is 1.36 bits per heavy atom. The average molecular weight is 620 g/mol. The van der Waals surface area contributed by atoms with Gasteiger partial charge in [-0.15, -0.1) is 0 Å². The van der Waals surface area contributed by atoms with E-state index >= 15 is 0 Å². The van der Waals surface area contributed by atoms with E-state index in [1.807, 2.05) is 36.4 Å². The summed E-state index contributed by atoms with van der Waals surface area (Å²) in [6, 6.07) is 11.2. The summed E-state index contributed by atoms with van der Waals surface area (Å²) < 4.78 is 0. The van der Waals surface area contributed by atoms with E-state index in [-0.39, 0.29) is 45.8 Å². The second-order valence-electron chi connectivity index (χ2n) is 15.3. The Kier molecular flexibility index (Phi) is 9.44. The number of carboxylic acids is 1. The molecule has 0 spiro atoms. The summed E-state index contributed by atoms with van der Waals surface area (Å²) in [5.41, 5.74) is 6.71. The minimum atomic E-state index is -0.967. The highest BCUT2D eigenvalue weighted by atomic mass is 32.2. The molecule has 1 heterocycles. The first-order valence-corrected chi connectivity index (χ1v) is 16.5. The molecule has 3 aromatic rings. The van der Waals surface area contributed by atoms with Crippen LogP contribution in [0.5, 0.6) is 17.2 Å². The summed E-state index contributed by atoms with van der Waals surface area (Å²) >= 11 is 1.45. The van der Waals surface area contributed by atoms with Crippen molar-refractivity contribution < 1.29 is 25.2 Å². The Balaban J connectivity index is 1.98. The molecule has 0 aromatic heterocycles. The van der Waals surface area contributed by atoms with E-state index in [1.165, 1.54) is 11.8 Å². The lowest BCUT2D eigenvalue weighted by molar-refractivity contribution is -0.138. The molecule has 0 amide bonds. The van der Waals surface area contributed by atoms with Crippen LogP contribution in [0.3, 0.4) is 0 Å². The summed E-state index contributed by atoms with van der Waals surface area (Å²) in [5, 5.41) is 47.9. The third-order valence-corrected chi connectivity index (χ3v) is 9.63. The standard InChI is InChI=1S/C37H49NO5S/c1-35(2,3)27-12-21-10-23-14-28(36(4,5)6)16-25(32(23)40)18-38-30(34(42)43)20-44-19-26-17-29(37(7,8)9)15-24(33(26)41)11-22(13-27)31(21)39/h12-17,30,38-41H,10-11,18-20H2,1-9H3,(H,42,43)/t30-/m0/s1. The lowest BCUT2D eigenvalue weighted by atomic mass is 9.81. The first-order valence-electron chi connectivity index (χ1n) is 15.4. The molecule has 1 aliphatic heterocycles. The van der Waals surface area contributed by atoms with Crippen LogP contribution < -0.4 is 5.32 Å². The number of fused-ring (bicyclic) bond motifs is 6. The minimum Gasteiger partial charge on any atom is -0.507 e. The van der Waals surface area contributed by atoms with Crippen molar-refractivity contribution in [3.05, 3.63) is 86.5 Å². The lowest BCUT2D eigenvalue weighted by Crippen LogP contribution is -2.38. The van der Waals surface area contributed by atoms with Gasteiger partial charge in [-0.3, -0.25) is 10.1 Å². The molecular formula is C37H49NO5S.